The van der Waals surface area contributed by atoms with Crippen molar-refractivity contribution in [2.24, 2.45) is 0 Å². The van der Waals surface area contributed by atoms with E-state index >= 15 is 0 Å². The predicted octanol–water partition coefficient (Wildman–Crippen LogP) is 3.38. The van der Waals surface area contributed by atoms with Gasteiger partial charge in [-0.05, 0) is 18.6 Å². The zero-order valence-electron chi connectivity index (χ0n) is 9.42. The molecule has 0 aliphatic heterocycles. The van der Waals surface area contributed by atoms with E-state index in [1.54, 1.807) is 0 Å². The smallest absolute Gasteiger partial charge is 0.144 e. The number of hydrogen-bond acceptors (Lipinski definition) is 3. The molecule has 0 saturated carbocycles. The van der Waals surface area contributed by atoms with Crippen LogP contribution in [0.15, 0.2) is 29.3 Å². The van der Waals surface area contributed by atoms with Crippen molar-refractivity contribution in [2.75, 3.05) is 24.2 Å². The first-order valence-corrected chi connectivity index (χ1v) is 6.02. The maximum atomic E-state index is 5.81. The normalized spacial score (nSPS) is 9.88. The molecule has 4 heteroatoms. The van der Waals surface area contributed by atoms with Crippen LogP contribution in [0.4, 0.5) is 11.4 Å². The van der Waals surface area contributed by atoms with Gasteiger partial charge in [-0.15, -0.1) is 0 Å². The average Bonchev–Trinajstić information content (AvgIpc) is 2.26. The van der Waals surface area contributed by atoms with E-state index in [0.29, 0.717) is 18.8 Å². The molecule has 0 radical (unpaired) electrons. The Hall–Kier alpha value is -1.16. The van der Waals surface area contributed by atoms with E-state index in [1.807, 2.05) is 18.2 Å². The van der Waals surface area contributed by atoms with Crippen molar-refractivity contribution in [3.63, 3.8) is 0 Å². The largest absolute Gasteiger partial charge is 0.491 e. The van der Waals surface area contributed by atoms with Crippen LogP contribution in [0.1, 0.15) is 13.3 Å². The van der Waals surface area contributed by atoms with Crippen molar-refractivity contribution >= 4 is 27.3 Å². The van der Waals surface area contributed by atoms with Crippen molar-refractivity contribution in [3.8, 4) is 5.75 Å². The summed E-state index contributed by atoms with van der Waals surface area (Å²) in [5.41, 5.74) is 7.44. The Labute approximate surface area is 105 Å². The summed E-state index contributed by atoms with van der Waals surface area (Å²) in [4.78, 5) is 0. The third kappa shape index (κ3) is 4.14. The Bertz CT molecular complexity index is 366. The fourth-order valence-corrected chi connectivity index (χ4v) is 1.32. The Kier molecular flexibility index (Phi) is 5.19. The lowest BCUT2D eigenvalue weighted by Crippen LogP contribution is -2.03. The summed E-state index contributed by atoms with van der Waals surface area (Å²) in [7, 11) is 0. The highest BCUT2D eigenvalue weighted by Crippen LogP contribution is 2.25. The summed E-state index contributed by atoms with van der Waals surface area (Å²) in [6, 6.07) is 5.66. The third-order valence-corrected chi connectivity index (χ3v) is 2.24. The van der Waals surface area contributed by atoms with Gasteiger partial charge in [0, 0.05) is 22.8 Å². The number of ether oxygens (including phenoxy) is 1. The minimum absolute atomic E-state index is 0.664. The summed E-state index contributed by atoms with van der Waals surface area (Å²) in [6.07, 6.45) is 0.968. The number of anilines is 2. The number of halogens is 1. The maximum absolute atomic E-state index is 5.81. The second kappa shape index (κ2) is 6.43. The summed E-state index contributed by atoms with van der Waals surface area (Å²) in [5, 5.41) is 3.21. The van der Waals surface area contributed by atoms with Crippen molar-refractivity contribution in [1.29, 1.82) is 0 Å². The minimum Gasteiger partial charge on any atom is -0.491 e. The van der Waals surface area contributed by atoms with Crippen LogP contribution in [0.25, 0.3) is 0 Å². The molecular formula is C12H17BrN2O. The van der Waals surface area contributed by atoms with E-state index in [9.17, 15) is 0 Å². The molecule has 3 N–H and O–H groups in total. The molecule has 1 rings (SSSR count). The van der Waals surface area contributed by atoms with Gasteiger partial charge in [0.25, 0.3) is 0 Å². The standard InChI is InChI=1S/C12H17BrN2O/c1-3-6-16-12-7-10(4-5-11(12)14)15-8-9(2)13/h4-5,7,15H,2-3,6,8,14H2,1H3. The first kappa shape index (κ1) is 12.9. The van der Waals surface area contributed by atoms with Gasteiger partial charge < -0.3 is 15.8 Å². The number of nitrogen functional groups attached to an aromatic ring is 1. The van der Waals surface area contributed by atoms with Gasteiger partial charge in [-0.25, -0.2) is 0 Å². The molecule has 0 aliphatic rings. The van der Waals surface area contributed by atoms with Crippen LogP contribution in [0.2, 0.25) is 0 Å². The fourth-order valence-electron chi connectivity index (χ4n) is 1.18. The quantitative estimate of drug-likeness (QED) is 0.788. The van der Waals surface area contributed by atoms with Crippen LogP contribution in [0, 0.1) is 0 Å². The van der Waals surface area contributed by atoms with Crippen molar-refractivity contribution in [3.05, 3.63) is 29.3 Å². The van der Waals surface area contributed by atoms with Crippen LogP contribution in [-0.4, -0.2) is 13.2 Å². The molecule has 88 valence electrons. The van der Waals surface area contributed by atoms with Crippen LogP contribution in [0.3, 0.4) is 0 Å². The van der Waals surface area contributed by atoms with E-state index < -0.39 is 0 Å². The Balaban J connectivity index is 2.68. The molecular weight excluding hydrogens is 268 g/mol. The second-order valence-electron chi connectivity index (χ2n) is 3.47. The van der Waals surface area contributed by atoms with E-state index in [1.165, 1.54) is 0 Å². The number of hydrogen-bond donors (Lipinski definition) is 2. The molecule has 0 saturated heterocycles. The molecule has 0 aliphatic carbocycles. The van der Waals surface area contributed by atoms with E-state index in [4.69, 9.17) is 10.5 Å². The highest BCUT2D eigenvalue weighted by molar-refractivity contribution is 9.11. The third-order valence-electron chi connectivity index (χ3n) is 1.96. The van der Waals surface area contributed by atoms with Gasteiger partial charge in [0.15, 0.2) is 0 Å². The molecule has 0 spiro atoms. The number of nitrogens with one attached hydrogen (secondary N) is 1. The van der Waals surface area contributed by atoms with Gasteiger partial charge in [-0.1, -0.05) is 29.4 Å². The molecule has 0 aromatic heterocycles. The lowest BCUT2D eigenvalue weighted by Gasteiger charge is -2.11. The molecule has 0 heterocycles. The second-order valence-corrected chi connectivity index (χ2v) is 4.59. The van der Waals surface area contributed by atoms with E-state index in [-0.39, 0.29) is 0 Å². The lowest BCUT2D eigenvalue weighted by molar-refractivity contribution is 0.319. The number of nitrogens with two attached hydrogens (primary N) is 1. The Morgan fingerprint density at radius 1 is 1.56 bits per heavy atom. The summed E-state index contributed by atoms with van der Waals surface area (Å²) in [6.45, 7) is 7.18. The van der Waals surface area contributed by atoms with Gasteiger partial charge in [-0.2, -0.15) is 0 Å². The molecule has 1 aromatic carbocycles. The molecule has 0 amide bonds. The van der Waals surface area contributed by atoms with E-state index in [2.05, 4.69) is 34.7 Å². The molecule has 0 atom stereocenters. The van der Waals surface area contributed by atoms with Gasteiger partial charge in [0.2, 0.25) is 0 Å². The van der Waals surface area contributed by atoms with Crippen molar-refractivity contribution in [1.82, 2.24) is 0 Å². The molecule has 0 bridgehead atoms. The topological polar surface area (TPSA) is 47.3 Å². The summed E-state index contributed by atoms with van der Waals surface area (Å²) >= 11 is 3.29. The van der Waals surface area contributed by atoms with Gasteiger partial charge in [0.1, 0.15) is 5.75 Å². The molecule has 1 aromatic rings. The van der Waals surface area contributed by atoms with Crippen LogP contribution in [0.5, 0.6) is 5.75 Å². The molecule has 0 fully saturated rings. The average molecular weight is 285 g/mol. The lowest BCUT2D eigenvalue weighted by atomic mass is 10.2. The first-order chi connectivity index (χ1) is 7.63. The molecule has 3 nitrogen and oxygen atoms in total. The summed E-state index contributed by atoms with van der Waals surface area (Å²) in [5.74, 6) is 0.729. The van der Waals surface area contributed by atoms with Crippen molar-refractivity contribution in [2.45, 2.75) is 13.3 Å². The van der Waals surface area contributed by atoms with Gasteiger partial charge in [-0.3, -0.25) is 0 Å². The van der Waals surface area contributed by atoms with Crippen LogP contribution < -0.4 is 15.8 Å². The highest BCUT2D eigenvalue weighted by Gasteiger charge is 2.01. The van der Waals surface area contributed by atoms with Crippen LogP contribution in [-0.2, 0) is 0 Å². The van der Waals surface area contributed by atoms with Crippen LogP contribution >= 0.6 is 15.9 Å². The zero-order chi connectivity index (χ0) is 12.0. The van der Waals surface area contributed by atoms with Gasteiger partial charge >= 0.3 is 0 Å². The monoisotopic (exact) mass is 284 g/mol. The van der Waals surface area contributed by atoms with Gasteiger partial charge in [0.05, 0.1) is 12.3 Å². The highest BCUT2D eigenvalue weighted by atomic mass is 79.9. The SMILES string of the molecule is C=C(Br)CNc1ccc(N)c(OCCC)c1. The summed E-state index contributed by atoms with van der Waals surface area (Å²) < 4.78 is 6.44. The molecule has 0 unspecified atom stereocenters. The predicted molar refractivity (Wildman–Crippen MR) is 73.2 cm³/mol. The van der Waals surface area contributed by atoms with Crippen molar-refractivity contribution < 1.29 is 4.74 Å². The minimum atomic E-state index is 0.664. The maximum Gasteiger partial charge on any atom is 0.144 e. The first-order valence-electron chi connectivity index (χ1n) is 5.23. The number of rotatable bonds is 6. The van der Waals surface area contributed by atoms with E-state index in [0.717, 1.165) is 22.3 Å². The Morgan fingerprint density at radius 2 is 2.31 bits per heavy atom. The fraction of sp³-hybridized carbons (Fsp3) is 0.333. The number of benzene rings is 1. The Morgan fingerprint density at radius 3 is 2.94 bits per heavy atom. The molecule has 16 heavy (non-hydrogen) atoms. The zero-order valence-corrected chi connectivity index (χ0v) is 11.0.